The monoisotopic (exact) mass is 380 g/mol. The average Bonchev–Trinajstić information content (AvgIpc) is 3.06. The molecule has 1 aliphatic heterocycles. The van der Waals surface area contributed by atoms with Gasteiger partial charge in [-0.05, 0) is 29.1 Å². The van der Waals surface area contributed by atoms with Crippen LogP contribution in [0.1, 0.15) is 10.4 Å². The molecule has 1 aromatic carbocycles. The van der Waals surface area contributed by atoms with Gasteiger partial charge in [-0.3, -0.25) is 5.32 Å². The lowest BCUT2D eigenvalue weighted by Gasteiger charge is -2.36. The highest BCUT2D eigenvalue weighted by Crippen LogP contribution is 2.30. The number of aliphatic hydroxyl groups excluding tert-OH is 2. The lowest BCUT2D eigenvalue weighted by Crippen LogP contribution is -2.61. The second-order valence-electron chi connectivity index (χ2n) is 5.76. The molecule has 1 aromatic heterocycles. The van der Waals surface area contributed by atoms with Crippen molar-refractivity contribution in [1.29, 1.82) is 0 Å². The fourth-order valence-electron chi connectivity index (χ4n) is 2.61. The first-order chi connectivity index (χ1) is 12.6. The number of ether oxygens (including phenoxy) is 3. The predicted molar refractivity (Wildman–Crippen MR) is 95.2 cm³/mol. The summed E-state index contributed by atoms with van der Waals surface area (Å²) in [6, 6.07) is 9.51. The summed E-state index contributed by atoms with van der Waals surface area (Å²) < 4.78 is 16.4. The quantitative estimate of drug-likeness (QED) is 0.624. The first kappa shape index (κ1) is 18.7. The molecule has 26 heavy (non-hydrogen) atoms. The summed E-state index contributed by atoms with van der Waals surface area (Å²) in [5.74, 6) is 1.36. The normalized spacial score (nSPS) is 25.7. The molecule has 2 aromatic rings. The highest BCUT2D eigenvalue weighted by Gasteiger charge is 2.37. The third kappa shape index (κ3) is 4.37. The maximum absolute atomic E-state index is 10.4. The minimum absolute atomic E-state index is 0.247. The Morgan fingerprint density at radius 1 is 1.23 bits per heavy atom. The number of hydrogen-bond donors (Lipinski definition) is 3. The number of rotatable bonds is 7. The van der Waals surface area contributed by atoms with Gasteiger partial charge in [-0.25, -0.2) is 0 Å². The fraction of sp³-hybridized carbons (Fsp3) is 0.412. The van der Waals surface area contributed by atoms with Gasteiger partial charge >= 0.3 is 0 Å². The number of benzene rings is 1. The molecule has 1 saturated heterocycles. The summed E-state index contributed by atoms with van der Waals surface area (Å²) in [7, 11) is 1.62. The van der Waals surface area contributed by atoms with Crippen molar-refractivity contribution in [2.75, 3.05) is 13.7 Å². The molecule has 0 saturated carbocycles. The van der Waals surface area contributed by atoms with Crippen molar-refractivity contribution in [3.05, 3.63) is 51.1 Å². The van der Waals surface area contributed by atoms with Crippen molar-refractivity contribution in [1.82, 2.24) is 5.32 Å². The van der Waals surface area contributed by atoms with E-state index < -0.39 is 24.8 Å². The van der Waals surface area contributed by atoms with Gasteiger partial charge in [-0.2, -0.15) is 4.91 Å². The topological polar surface area (TPSA) is 110 Å². The number of thiophene rings is 1. The molecule has 1 unspecified atom stereocenters. The van der Waals surface area contributed by atoms with E-state index in [9.17, 15) is 15.1 Å². The average molecular weight is 380 g/mol. The van der Waals surface area contributed by atoms with Crippen LogP contribution in [-0.4, -0.2) is 48.7 Å². The summed E-state index contributed by atoms with van der Waals surface area (Å²) in [5, 5.41) is 26.9. The van der Waals surface area contributed by atoms with Gasteiger partial charge < -0.3 is 24.4 Å². The van der Waals surface area contributed by atoms with Gasteiger partial charge in [0, 0.05) is 6.42 Å². The van der Waals surface area contributed by atoms with E-state index in [2.05, 4.69) is 10.5 Å². The molecular weight excluding hydrogens is 360 g/mol. The van der Waals surface area contributed by atoms with Gasteiger partial charge in [0.15, 0.2) is 6.23 Å². The van der Waals surface area contributed by atoms with Crippen molar-refractivity contribution in [2.45, 2.75) is 31.3 Å². The minimum Gasteiger partial charge on any atom is -0.497 e. The van der Waals surface area contributed by atoms with E-state index in [1.54, 1.807) is 13.2 Å². The molecule has 8 nitrogen and oxygen atoms in total. The van der Waals surface area contributed by atoms with Crippen LogP contribution in [0.5, 0.6) is 11.5 Å². The van der Waals surface area contributed by atoms with Crippen LogP contribution in [0.25, 0.3) is 0 Å². The zero-order valence-corrected chi connectivity index (χ0v) is 14.9. The third-order valence-corrected chi connectivity index (χ3v) is 4.89. The molecule has 9 heteroatoms. The molecular formula is C17H20N2O6S. The predicted octanol–water partition coefficient (Wildman–Crippen LogP) is 1.44. The Labute approximate surface area is 154 Å². The van der Waals surface area contributed by atoms with Crippen LogP contribution in [0.2, 0.25) is 0 Å². The third-order valence-electron chi connectivity index (χ3n) is 3.99. The van der Waals surface area contributed by atoms with Crippen LogP contribution in [0.4, 0.5) is 0 Å². The summed E-state index contributed by atoms with van der Waals surface area (Å²) in [5.41, 5.74) is 1.08. The summed E-state index contributed by atoms with van der Waals surface area (Å²) in [6.07, 6.45) is -3.72. The van der Waals surface area contributed by atoms with E-state index in [0.29, 0.717) is 12.2 Å². The van der Waals surface area contributed by atoms with E-state index >= 15 is 0 Å². The number of hydrogen-bond acceptors (Lipinski definition) is 9. The summed E-state index contributed by atoms with van der Waals surface area (Å²) in [4.78, 5) is 11.4. The Balaban J connectivity index is 1.68. The van der Waals surface area contributed by atoms with Gasteiger partial charge in [0.1, 0.15) is 30.4 Å². The maximum atomic E-state index is 10.4. The summed E-state index contributed by atoms with van der Waals surface area (Å²) in [6.45, 7) is -0.247. The second kappa shape index (κ2) is 8.56. The Kier molecular flexibility index (Phi) is 6.17. The Hall–Kier alpha value is -2.04. The smallest absolute Gasteiger partial charge is 0.240 e. The number of morpholine rings is 1. The highest BCUT2D eigenvalue weighted by atomic mass is 32.1. The van der Waals surface area contributed by atoms with Crippen molar-refractivity contribution in [3.63, 3.8) is 0 Å². The van der Waals surface area contributed by atoms with E-state index in [1.807, 2.05) is 29.6 Å². The molecule has 0 aliphatic carbocycles. The Morgan fingerprint density at radius 2 is 2.00 bits per heavy atom. The Morgan fingerprint density at radius 3 is 2.69 bits per heavy atom. The fourth-order valence-corrected chi connectivity index (χ4v) is 3.45. The molecule has 1 fully saturated rings. The number of methoxy groups -OCH3 is 1. The Bertz CT molecular complexity index is 722. The van der Waals surface area contributed by atoms with Gasteiger partial charge in [-0.1, -0.05) is 17.3 Å². The number of nitrogens with one attached hydrogen (secondary N) is 1. The van der Waals surface area contributed by atoms with Crippen molar-refractivity contribution in [2.24, 2.45) is 5.18 Å². The second-order valence-corrected chi connectivity index (χ2v) is 6.76. The molecule has 3 rings (SSSR count). The van der Waals surface area contributed by atoms with Gasteiger partial charge in [0.2, 0.25) is 6.29 Å². The highest BCUT2D eigenvalue weighted by molar-refractivity contribution is 7.10. The number of nitrogens with zero attached hydrogens (tertiary/aromatic N) is 1. The first-order valence-electron chi connectivity index (χ1n) is 8.03. The van der Waals surface area contributed by atoms with Gasteiger partial charge in [0.25, 0.3) is 0 Å². The summed E-state index contributed by atoms with van der Waals surface area (Å²) >= 11 is 1.52. The van der Waals surface area contributed by atoms with E-state index in [4.69, 9.17) is 14.2 Å². The lowest BCUT2D eigenvalue weighted by atomic mass is 10.1. The first-order valence-corrected chi connectivity index (χ1v) is 8.91. The van der Waals surface area contributed by atoms with Crippen LogP contribution >= 0.6 is 11.3 Å². The van der Waals surface area contributed by atoms with Crippen LogP contribution in [0.15, 0.2) is 40.9 Å². The maximum Gasteiger partial charge on any atom is 0.240 e. The van der Waals surface area contributed by atoms with Crippen LogP contribution in [-0.2, 0) is 11.2 Å². The van der Waals surface area contributed by atoms with Gasteiger partial charge in [0.05, 0.1) is 12.0 Å². The molecule has 0 bridgehead atoms. The number of nitroso groups, excluding NO2 is 1. The SMILES string of the molecule is COc1ccc(Cc2sccc2OC2O[C@H](CN=O)[C@H](O)N[C@@H]2O)cc1. The zero-order chi connectivity index (χ0) is 18.5. The molecule has 0 amide bonds. The van der Waals surface area contributed by atoms with E-state index in [-0.39, 0.29) is 6.54 Å². The minimum atomic E-state index is -1.23. The molecule has 1 aliphatic rings. The van der Waals surface area contributed by atoms with Crippen molar-refractivity contribution in [3.8, 4) is 11.5 Å². The molecule has 140 valence electrons. The van der Waals surface area contributed by atoms with Crippen molar-refractivity contribution < 1.29 is 24.4 Å². The van der Waals surface area contributed by atoms with Crippen LogP contribution in [0, 0.1) is 4.91 Å². The standard InChI is InChI=1S/C17H20N2O6S/c1-23-11-4-2-10(3-5-11)8-14-12(6-7-26-14)24-17-16(21)19-15(20)13(25-17)9-18-22/h2-7,13,15-17,19-21H,8-9H2,1H3/t13-,15+,16-,17?/m1/s1. The lowest BCUT2D eigenvalue weighted by molar-refractivity contribution is -0.246. The van der Waals surface area contributed by atoms with Crippen molar-refractivity contribution >= 4 is 11.3 Å². The van der Waals surface area contributed by atoms with E-state index in [1.165, 1.54) is 11.3 Å². The zero-order valence-electron chi connectivity index (χ0n) is 14.1. The molecule has 4 atom stereocenters. The van der Waals surface area contributed by atoms with Crippen LogP contribution < -0.4 is 14.8 Å². The molecule has 3 N–H and O–H groups in total. The molecule has 0 radical (unpaired) electrons. The van der Waals surface area contributed by atoms with E-state index in [0.717, 1.165) is 16.2 Å². The number of aliphatic hydroxyl groups is 2. The van der Waals surface area contributed by atoms with Gasteiger partial charge in [-0.15, -0.1) is 11.3 Å². The largest absolute Gasteiger partial charge is 0.497 e. The molecule has 0 spiro atoms. The molecule has 2 heterocycles. The van der Waals surface area contributed by atoms with Crippen LogP contribution in [0.3, 0.4) is 0 Å².